The Bertz CT molecular complexity index is 544. The molecule has 0 spiro atoms. The maximum Gasteiger partial charge on any atom is 0.178 e. The first-order valence-electron chi connectivity index (χ1n) is 4.42. The summed E-state index contributed by atoms with van der Waals surface area (Å²) in [5.41, 5.74) is 7.94. The standard InChI is InChI=1S/C9H7BrN4OS2/c10-5-1-2-7(6(3-5)8(11)14-15)17-9-13-12-4-16-9/h1-4,15H,(H2,11,14). The van der Waals surface area contributed by atoms with Gasteiger partial charge in [-0.3, -0.25) is 0 Å². The maximum atomic E-state index is 8.74. The number of halogens is 1. The van der Waals surface area contributed by atoms with E-state index in [1.54, 1.807) is 11.6 Å². The molecular weight excluding hydrogens is 324 g/mol. The quantitative estimate of drug-likeness (QED) is 0.391. The SMILES string of the molecule is N/C(=N/O)c1cc(Br)ccc1Sc1nncs1. The monoisotopic (exact) mass is 330 g/mol. The van der Waals surface area contributed by atoms with Crippen LogP contribution in [-0.4, -0.2) is 21.2 Å². The fraction of sp³-hybridized carbons (Fsp3) is 0. The van der Waals surface area contributed by atoms with Gasteiger partial charge in [0.2, 0.25) is 0 Å². The zero-order valence-electron chi connectivity index (χ0n) is 8.37. The summed E-state index contributed by atoms with van der Waals surface area (Å²) >= 11 is 6.21. The molecular formula is C9H7BrN4OS2. The highest BCUT2D eigenvalue weighted by molar-refractivity contribution is 9.10. The fourth-order valence-corrected chi connectivity index (χ4v) is 3.06. The van der Waals surface area contributed by atoms with Gasteiger partial charge in [-0.05, 0) is 18.2 Å². The molecule has 0 aliphatic heterocycles. The largest absolute Gasteiger partial charge is 0.409 e. The van der Waals surface area contributed by atoms with E-state index in [1.807, 2.05) is 12.1 Å². The van der Waals surface area contributed by atoms with Crippen LogP contribution >= 0.6 is 39.0 Å². The van der Waals surface area contributed by atoms with Crippen molar-refractivity contribution < 1.29 is 5.21 Å². The van der Waals surface area contributed by atoms with Gasteiger partial charge in [0.1, 0.15) is 5.51 Å². The van der Waals surface area contributed by atoms with Gasteiger partial charge in [0, 0.05) is 14.9 Å². The molecule has 8 heteroatoms. The van der Waals surface area contributed by atoms with Crippen molar-refractivity contribution in [3.8, 4) is 0 Å². The highest BCUT2D eigenvalue weighted by Gasteiger charge is 2.10. The third kappa shape index (κ3) is 2.96. The number of hydrogen-bond acceptors (Lipinski definition) is 6. The Kier molecular flexibility index (Phi) is 3.97. The van der Waals surface area contributed by atoms with Crippen molar-refractivity contribution in [1.82, 2.24) is 10.2 Å². The number of nitrogens with zero attached hydrogens (tertiary/aromatic N) is 3. The van der Waals surface area contributed by atoms with E-state index in [0.29, 0.717) is 5.56 Å². The molecule has 0 saturated heterocycles. The fourth-order valence-electron chi connectivity index (χ4n) is 1.15. The van der Waals surface area contributed by atoms with Crippen LogP contribution in [0.4, 0.5) is 0 Å². The molecule has 88 valence electrons. The lowest BCUT2D eigenvalue weighted by Gasteiger charge is -2.06. The van der Waals surface area contributed by atoms with Gasteiger partial charge in [-0.2, -0.15) is 0 Å². The van der Waals surface area contributed by atoms with Crippen LogP contribution in [0.2, 0.25) is 0 Å². The first-order chi connectivity index (χ1) is 8.20. The summed E-state index contributed by atoms with van der Waals surface area (Å²) in [5, 5.41) is 19.5. The molecule has 0 bridgehead atoms. The minimum absolute atomic E-state index is 0.0679. The Balaban J connectivity index is 2.39. The number of amidine groups is 1. The average molecular weight is 331 g/mol. The van der Waals surface area contributed by atoms with Crippen molar-refractivity contribution in [3.63, 3.8) is 0 Å². The molecule has 3 N–H and O–H groups in total. The summed E-state index contributed by atoms with van der Waals surface area (Å²) in [5.74, 6) is 0.0679. The third-order valence-corrected chi connectivity index (χ3v) is 4.21. The second kappa shape index (κ2) is 5.48. The molecule has 0 aliphatic carbocycles. The van der Waals surface area contributed by atoms with E-state index in [4.69, 9.17) is 10.9 Å². The van der Waals surface area contributed by atoms with E-state index in [0.717, 1.165) is 13.7 Å². The summed E-state index contributed by atoms with van der Waals surface area (Å²) in [7, 11) is 0. The Morgan fingerprint density at radius 2 is 2.35 bits per heavy atom. The first-order valence-corrected chi connectivity index (χ1v) is 6.91. The van der Waals surface area contributed by atoms with Crippen LogP contribution in [0, 0.1) is 0 Å². The molecule has 1 aromatic carbocycles. The molecule has 17 heavy (non-hydrogen) atoms. The number of hydrogen-bond donors (Lipinski definition) is 2. The first kappa shape index (κ1) is 12.3. The molecule has 5 nitrogen and oxygen atoms in total. The van der Waals surface area contributed by atoms with Gasteiger partial charge in [0.15, 0.2) is 10.2 Å². The summed E-state index contributed by atoms with van der Waals surface area (Å²) in [6.07, 6.45) is 0. The molecule has 0 saturated carbocycles. The molecule has 2 rings (SSSR count). The van der Waals surface area contributed by atoms with Gasteiger partial charge >= 0.3 is 0 Å². The van der Waals surface area contributed by atoms with E-state index < -0.39 is 0 Å². The van der Waals surface area contributed by atoms with E-state index in [1.165, 1.54) is 23.1 Å². The molecule has 2 aromatic rings. The minimum atomic E-state index is 0.0679. The number of aromatic nitrogens is 2. The molecule has 0 atom stereocenters. The Morgan fingerprint density at radius 1 is 1.53 bits per heavy atom. The molecule has 0 radical (unpaired) electrons. The van der Waals surface area contributed by atoms with Crippen molar-refractivity contribution in [3.05, 3.63) is 33.7 Å². The van der Waals surface area contributed by atoms with E-state index in [9.17, 15) is 0 Å². The van der Waals surface area contributed by atoms with Gasteiger partial charge < -0.3 is 10.9 Å². The van der Waals surface area contributed by atoms with Gasteiger partial charge in [-0.15, -0.1) is 10.2 Å². The van der Waals surface area contributed by atoms with Crippen LogP contribution in [0.15, 0.2) is 42.6 Å². The predicted molar refractivity (Wildman–Crippen MR) is 70.7 cm³/mol. The number of rotatable bonds is 3. The number of benzene rings is 1. The second-order valence-electron chi connectivity index (χ2n) is 2.93. The lowest BCUT2D eigenvalue weighted by atomic mass is 10.2. The molecule has 1 heterocycles. The maximum absolute atomic E-state index is 8.74. The summed E-state index contributed by atoms with van der Waals surface area (Å²) < 4.78 is 1.67. The van der Waals surface area contributed by atoms with Crippen LogP contribution in [0.5, 0.6) is 0 Å². The Hall–Kier alpha value is -1.12. The van der Waals surface area contributed by atoms with Crippen molar-refractivity contribution in [2.75, 3.05) is 0 Å². The van der Waals surface area contributed by atoms with Gasteiger partial charge in [-0.1, -0.05) is 44.2 Å². The zero-order valence-corrected chi connectivity index (χ0v) is 11.6. The smallest absolute Gasteiger partial charge is 0.178 e. The summed E-state index contributed by atoms with van der Waals surface area (Å²) in [4.78, 5) is 0.861. The topological polar surface area (TPSA) is 84.4 Å². The Morgan fingerprint density at radius 3 is 3.00 bits per heavy atom. The van der Waals surface area contributed by atoms with E-state index in [2.05, 4.69) is 31.3 Å². The molecule has 0 amide bonds. The van der Waals surface area contributed by atoms with Crippen molar-refractivity contribution >= 4 is 44.9 Å². The van der Waals surface area contributed by atoms with Crippen LogP contribution in [0.1, 0.15) is 5.56 Å². The van der Waals surface area contributed by atoms with Crippen LogP contribution < -0.4 is 5.73 Å². The second-order valence-corrected chi connectivity index (χ2v) is 5.97. The normalized spacial score (nSPS) is 11.7. The lowest BCUT2D eigenvalue weighted by Crippen LogP contribution is -2.14. The van der Waals surface area contributed by atoms with Gasteiger partial charge in [0.05, 0.1) is 0 Å². The minimum Gasteiger partial charge on any atom is -0.409 e. The Labute approximate surface area is 114 Å². The van der Waals surface area contributed by atoms with E-state index >= 15 is 0 Å². The molecule has 1 aromatic heterocycles. The highest BCUT2D eigenvalue weighted by atomic mass is 79.9. The molecule has 0 fully saturated rings. The van der Waals surface area contributed by atoms with Crippen LogP contribution in [-0.2, 0) is 0 Å². The molecule has 0 aliphatic rings. The van der Waals surface area contributed by atoms with Crippen LogP contribution in [0.25, 0.3) is 0 Å². The predicted octanol–water partition coefficient (Wildman–Crippen LogP) is 2.55. The van der Waals surface area contributed by atoms with Gasteiger partial charge in [-0.25, -0.2) is 0 Å². The third-order valence-electron chi connectivity index (χ3n) is 1.86. The summed E-state index contributed by atoms with van der Waals surface area (Å²) in [6, 6.07) is 5.56. The number of oxime groups is 1. The van der Waals surface area contributed by atoms with Crippen LogP contribution in [0.3, 0.4) is 0 Å². The average Bonchev–Trinajstić information content (AvgIpc) is 2.83. The number of nitrogens with two attached hydrogens (primary N) is 1. The highest BCUT2D eigenvalue weighted by Crippen LogP contribution is 2.32. The molecule has 0 unspecified atom stereocenters. The van der Waals surface area contributed by atoms with Crippen molar-refractivity contribution in [1.29, 1.82) is 0 Å². The van der Waals surface area contributed by atoms with E-state index in [-0.39, 0.29) is 5.84 Å². The lowest BCUT2D eigenvalue weighted by molar-refractivity contribution is 0.318. The zero-order chi connectivity index (χ0) is 12.3. The van der Waals surface area contributed by atoms with Crippen molar-refractivity contribution in [2.24, 2.45) is 10.9 Å². The van der Waals surface area contributed by atoms with Crippen molar-refractivity contribution in [2.45, 2.75) is 9.24 Å². The summed E-state index contributed by atoms with van der Waals surface area (Å²) in [6.45, 7) is 0. The van der Waals surface area contributed by atoms with Gasteiger partial charge in [0.25, 0.3) is 0 Å².